The normalized spacial score (nSPS) is 19.2. The minimum Gasteiger partial charge on any atom is -0.376 e. The molecule has 0 aliphatic carbocycles. The summed E-state index contributed by atoms with van der Waals surface area (Å²) in [6.45, 7) is 1.29. The number of carbonyl (C=O) groups excluding carboxylic acids is 1. The molecule has 1 fully saturated rings. The summed E-state index contributed by atoms with van der Waals surface area (Å²) < 4.78 is 18.7. The topological polar surface area (TPSA) is 38.3 Å². The molecule has 3 nitrogen and oxygen atoms in total. The Hall–Kier alpha value is -1.42. The fraction of sp³-hybridized carbons (Fsp3) is 0.462. The average molecular weight is 237 g/mol. The fourth-order valence-corrected chi connectivity index (χ4v) is 1.91. The highest BCUT2D eigenvalue weighted by Gasteiger charge is 2.16. The largest absolute Gasteiger partial charge is 0.376 e. The van der Waals surface area contributed by atoms with Gasteiger partial charge in [0.1, 0.15) is 5.82 Å². The van der Waals surface area contributed by atoms with Crippen LogP contribution in [0.1, 0.15) is 18.4 Å². The average Bonchev–Trinajstić information content (AvgIpc) is 2.82. The highest BCUT2D eigenvalue weighted by atomic mass is 19.1. The number of carbonyl (C=O) groups is 1. The van der Waals surface area contributed by atoms with E-state index in [2.05, 4.69) is 5.32 Å². The summed E-state index contributed by atoms with van der Waals surface area (Å²) in [5.74, 6) is -0.495. The van der Waals surface area contributed by atoms with E-state index in [4.69, 9.17) is 4.74 Å². The number of hydrogen-bond donors (Lipinski definition) is 1. The zero-order valence-electron chi connectivity index (χ0n) is 9.62. The molecule has 0 spiro atoms. The number of ether oxygens (including phenoxy) is 1. The molecule has 1 aromatic carbocycles. The van der Waals surface area contributed by atoms with Gasteiger partial charge in [-0.15, -0.1) is 0 Å². The Kier molecular flexibility index (Phi) is 4.09. The molecule has 17 heavy (non-hydrogen) atoms. The summed E-state index contributed by atoms with van der Waals surface area (Å²) in [7, 11) is 0. The molecular formula is C13H16FNO2. The first-order chi connectivity index (χ1) is 8.25. The van der Waals surface area contributed by atoms with Gasteiger partial charge >= 0.3 is 0 Å². The maximum Gasteiger partial charge on any atom is 0.224 e. The molecule has 1 aliphatic heterocycles. The first-order valence-corrected chi connectivity index (χ1v) is 5.87. The SMILES string of the molecule is O=C(Cc1ccccc1F)NC[C@H]1CCCO1. The van der Waals surface area contributed by atoms with Gasteiger partial charge in [-0.05, 0) is 24.5 Å². The van der Waals surface area contributed by atoms with Crippen molar-refractivity contribution >= 4 is 5.91 Å². The predicted molar refractivity (Wildman–Crippen MR) is 62.1 cm³/mol. The molecule has 0 saturated carbocycles. The van der Waals surface area contributed by atoms with E-state index in [-0.39, 0.29) is 24.2 Å². The van der Waals surface area contributed by atoms with Crippen LogP contribution >= 0.6 is 0 Å². The Bertz CT molecular complexity index is 389. The van der Waals surface area contributed by atoms with Crippen molar-refractivity contribution in [2.45, 2.75) is 25.4 Å². The Balaban J connectivity index is 1.79. The predicted octanol–water partition coefficient (Wildman–Crippen LogP) is 1.66. The third-order valence-corrected chi connectivity index (χ3v) is 2.86. The lowest BCUT2D eigenvalue weighted by atomic mass is 10.1. The minimum atomic E-state index is -0.334. The molecular weight excluding hydrogens is 221 g/mol. The number of benzene rings is 1. The molecule has 1 heterocycles. The van der Waals surface area contributed by atoms with E-state index in [0.29, 0.717) is 12.1 Å². The second-order valence-corrected chi connectivity index (χ2v) is 4.21. The van der Waals surface area contributed by atoms with Gasteiger partial charge in [-0.2, -0.15) is 0 Å². The van der Waals surface area contributed by atoms with Crippen molar-refractivity contribution in [3.05, 3.63) is 35.6 Å². The molecule has 1 aromatic rings. The van der Waals surface area contributed by atoms with E-state index in [0.717, 1.165) is 19.4 Å². The Labute approximate surface area is 100.0 Å². The Morgan fingerprint density at radius 1 is 1.47 bits per heavy atom. The quantitative estimate of drug-likeness (QED) is 0.865. The van der Waals surface area contributed by atoms with Gasteiger partial charge < -0.3 is 10.1 Å². The molecule has 0 aromatic heterocycles. The summed E-state index contributed by atoms with van der Waals surface area (Å²) in [5, 5.41) is 2.77. The highest BCUT2D eigenvalue weighted by Crippen LogP contribution is 2.11. The van der Waals surface area contributed by atoms with Crippen molar-refractivity contribution in [1.82, 2.24) is 5.32 Å². The van der Waals surface area contributed by atoms with Gasteiger partial charge in [-0.3, -0.25) is 4.79 Å². The number of halogens is 1. The second-order valence-electron chi connectivity index (χ2n) is 4.21. The van der Waals surface area contributed by atoms with Crippen LogP contribution in [-0.4, -0.2) is 25.2 Å². The Morgan fingerprint density at radius 3 is 3.00 bits per heavy atom. The lowest BCUT2D eigenvalue weighted by molar-refractivity contribution is -0.121. The lowest BCUT2D eigenvalue weighted by Crippen LogP contribution is -2.32. The van der Waals surface area contributed by atoms with Gasteiger partial charge in [0.2, 0.25) is 5.91 Å². The number of nitrogens with one attached hydrogen (secondary N) is 1. The van der Waals surface area contributed by atoms with Crippen molar-refractivity contribution in [2.75, 3.05) is 13.2 Å². The molecule has 1 saturated heterocycles. The molecule has 1 aliphatic rings. The van der Waals surface area contributed by atoms with Crippen molar-refractivity contribution in [3.63, 3.8) is 0 Å². The van der Waals surface area contributed by atoms with Crippen molar-refractivity contribution in [2.24, 2.45) is 0 Å². The highest BCUT2D eigenvalue weighted by molar-refractivity contribution is 5.78. The molecule has 0 unspecified atom stereocenters. The van der Waals surface area contributed by atoms with E-state index < -0.39 is 0 Å². The maximum atomic E-state index is 13.3. The van der Waals surface area contributed by atoms with Crippen molar-refractivity contribution in [3.8, 4) is 0 Å². The van der Waals surface area contributed by atoms with Crippen LogP contribution in [0.15, 0.2) is 24.3 Å². The van der Waals surface area contributed by atoms with Gasteiger partial charge in [-0.1, -0.05) is 18.2 Å². The van der Waals surface area contributed by atoms with Crippen LogP contribution in [0.5, 0.6) is 0 Å². The molecule has 1 N–H and O–H groups in total. The summed E-state index contributed by atoms with van der Waals surface area (Å²) in [6, 6.07) is 6.33. The number of amides is 1. The van der Waals surface area contributed by atoms with Gasteiger partial charge in [0.15, 0.2) is 0 Å². The lowest BCUT2D eigenvalue weighted by Gasteiger charge is -2.10. The monoisotopic (exact) mass is 237 g/mol. The fourth-order valence-electron chi connectivity index (χ4n) is 1.91. The van der Waals surface area contributed by atoms with Gasteiger partial charge in [-0.25, -0.2) is 4.39 Å². The zero-order valence-corrected chi connectivity index (χ0v) is 9.62. The van der Waals surface area contributed by atoms with Crippen LogP contribution in [0.3, 0.4) is 0 Å². The summed E-state index contributed by atoms with van der Waals surface area (Å²) in [5.41, 5.74) is 0.428. The summed E-state index contributed by atoms with van der Waals surface area (Å²) in [6.07, 6.45) is 2.24. The number of rotatable bonds is 4. The molecule has 4 heteroatoms. The van der Waals surface area contributed by atoms with E-state index in [1.54, 1.807) is 18.2 Å². The van der Waals surface area contributed by atoms with Crippen LogP contribution in [0.4, 0.5) is 4.39 Å². The first kappa shape index (κ1) is 12.0. The van der Waals surface area contributed by atoms with Crippen LogP contribution in [-0.2, 0) is 16.0 Å². The number of hydrogen-bond acceptors (Lipinski definition) is 2. The van der Waals surface area contributed by atoms with Crippen LogP contribution < -0.4 is 5.32 Å². The van der Waals surface area contributed by atoms with Gasteiger partial charge in [0.05, 0.1) is 12.5 Å². The first-order valence-electron chi connectivity index (χ1n) is 5.87. The van der Waals surface area contributed by atoms with E-state index in [1.807, 2.05) is 0 Å². The van der Waals surface area contributed by atoms with Crippen LogP contribution in [0.2, 0.25) is 0 Å². The smallest absolute Gasteiger partial charge is 0.224 e. The summed E-state index contributed by atoms with van der Waals surface area (Å²) >= 11 is 0. The van der Waals surface area contributed by atoms with Crippen molar-refractivity contribution < 1.29 is 13.9 Å². The second kappa shape index (κ2) is 5.77. The minimum absolute atomic E-state index is 0.0827. The summed E-state index contributed by atoms with van der Waals surface area (Å²) in [4.78, 5) is 11.6. The van der Waals surface area contributed by atoms with E-state index in [1.165, 1.54) is 6.07 Å². The van der Waals surface area contributed by atoms with Crippen molar-refractivity contribution in [1.29, 1.82) is 0 Å². The molecule has 92 valence electrons. The van der Waals surface area contributed by atoms with Gasteiger partial charge in [0, 0.05) is 13.2 Å². The van der Waals surface area contributed by atoms with E-state index in [9.17, 15) is 9.18 Å². The Morgan fingerprint density at radius 2 is 2.29 bits per heavy atom. The standard InChI is InChI=1S/C13H16FNO2/c14-12-6-2-1-4-10(12)8-13(16)15-9-11-5-3-7-17-11/h1-2,4,6,11H,3,5,7-9H2,(H,15,16)/t11-/m1/s1. The van der Waals surface area contributed by atoms with Gasteiger partial charge in [0.25, 0.3) is 0 Å². The maximum absolute atomic E-state index is 13.3. The molecule has 1 amide bonds. The molecule has 0 bridgehead atoms. The zero-order chi connectivity index (χ0) is 12.1. The molecule has 2 rings (SSSR count). The van der Waals surface area contributed by atoms with Crippen LogP contribution in [0, 0.1) is 5.82 Å². The third-order valence-electron chi connectivity index (χ3n) is 2.86. The third kappa shape index (κ3) is 3.53. The molecule has 0 radical (unpaired) electrons. The van der Waals surface area contributed by atoms with Crippen LogP contribution in [0.25, 0.3) is 0 Å². The van der Waals surface area contributed by atoms with E-state index >= 15 is 0 Å². The molecule has 1 atom stereocenters.